The zero-order valence-electron chi connectivity index (χ0n) is 14.1. The molecular formula is C20H30O3. The standard InChI is InChI=1S/C20H30O3/c1-2-3-13-16-19(21)17-14-11-9-7-5-4-6-8-10-12-15-18-20(22)23/h3-5,8-11,13-14,17,19,21H,2,6-7,12,15-16,18H2,1H3,(H,22,23)/b5-4+,10-8-,11-9-,13-3-,17-14+. The van der Waals surface area contributed by atoms with Crippen molar-refractivity contribution in [2.75, 3.05) is 0 Å². The van der Waals surface area contributed by atoms with Gasteiger partial charge in [-0.2, -0.15) is 0 Å². The van der Waals surface area contributed by atoms with E-state index in [1.54, 1.807) is 6.08 Å². The van der Waals surface area contributed by atoms with Crippen molar-refractivity contribution in [2.45, 2.75) is 58.0 Å². The molecule has 0 radical (unpaired) electrons. The highest BCUT2D eigenvalue weighted by Gasteiger charge is 1.93. The summed E-state index contributed by atoms with van der Waals surface area (Å²) in [5.74, 6) is -0.732. The number of unbranched alkanes of at least 4 members (excludes halogenated alkanes) is 1. The third-order valence-corrected chi connectivity index (χ3v) is 3.00. The van der Waals surface area contributed by atoms with Crippen molar-refractivity contribution in [3.05, 3.63) is 60.8 Å². The first-order valence-electron chi connectivity index (χ1n) is 8.35. The summed E-state index contributed by atoms with van der Waals surface area (Å²) in [6.07, 6.45) is 24.7. The van der Waals surface area contributed by atoms with E-state index in [-0.39, 0.29) is 6.42 Å². The molecule has 0 spiro atoms. The fourth-order valence-corrected chi connectivity index (χ4v) is 1.77. The minimum Gasteiger partial charge on any atom is -0.481 e. The maximum atomic E-state index is 10.3. The molecule has 0 aliphatic carbocycles. The topological polar surface area (TPSA) is 57.5 Å². The van der Waals surface area contributed by atoms with Gasteiger partial charge < -0.3 is 10.2 Å². The molecule has 2 N–H and O–H groups in total. The maximum absolute atomic E-state index is 10.3. The van der Waals surface area contributed by atoms with E-state index < -0.39 is 12.1 Å². The molecule has 0 aromatic heterocycles. The number of aliphatic carboxylic acids is 1. The van der Waals surface area contributed by atoms with Crippen LogP contribution in [0.3, 0.4) is 0 Å². The Labute approximate surface area is 140 Å². The van der Waals surface area contributed by atoms with E-state index in [4.69, 9.17) is 5.11 Å². The Bertz CT molecular complexity index is 428. The number of rotatable bonds is 13. The normalized spacial score (nSPS) is 14.2. The van der Waals surface area contributed by atoms with Crippen LogP contribution in [0.5, 0.6) is 0 Å². The smallest absolute Gasteiger partial charge is 0.303 e. The van der Waals surface area contributed by atoms with Gasteiger partial charge in [0.15, 0.2) is 0 Å². The van der Waals surface area contributed by atoms with E-state index in [2.05, 4.69) is 31.2 Å². The highest BCUT2D eigenvalue weighted by Crippen LogP contribution is 1.99. The molecule has 1 atom stereocenters. The fourth-order valence-electron chi connectivity index (χ4n) is 1.77. The monoisotopic (exact) mass is 318 g/mol. The number of aliphatic hydroxyl groups excluding tert-OH is 1. The second-order valence-electron chi connectivity index (χ2n) is 5.20. The Morgan fingerprint density at radius 3 is 2.35 bits per heavy atom. The number of hydrogen-bond donors (Lipinski definition) is 2. The first kappa shape index (κ1) is 21.1. The first-order valence-corrected chi connectivity index (χ1v) is 8.35. The van der Waals surface area contributed by atoms with Gasteiger partial charge in [-0.1, -0.05) is 67.7 Å². The SMILES string of the molecule is CC/C=C\CC(O)/C=C/C=C\C/C=C/C/C=C\CCCC(=O)O. The molecule has 0 heterocycles. The average Bonchev–Trinajstić information content (AvgIpc) is 2.51. The van der Waals surface area contributed by atoms with Crippen LogP contribution in [-0.2, 0) is 4.79 Å². The molecule has 3 heteroatoms. The minimum atomic E-state index is -0.732. The summed E-state index contributed by atoms with van der Waals surface area (Å²) in [7, 11) is 0. The second-order valence-corrected chi connectivity index (χ2v) is 5.20. The Morgan fingerprint density at radius 2 is 1.65 bits per heavy atom. The van der Waals surface area contributed by atoms with Crippen LogP contribution in [0.15, 0.2) is 60.8 Å². The number of aliphatic hydroxyl groups is 1. The van der Waals surface area contributed by atoms with Gasteiger partial charge in [-0.3, -0.25) is 4.79 Å². The third kappa shape index (κ3) is 18.1. The summed E-state index contributed by atoms with van der Waals surface area (Å²) in [4.78, 5) is 10.3. The number of carboxylic acids is 1. The van der Waals surface area contributed by atoms with Gasteiger partial charge in [0.25, 0.3) is 0 Å². The molecule has 0 aliphatic heterocycles. The van der Waals surface area contributed by atoms with E-state index in [0.29, 0.717) is 12.8 Å². The first-order chi connectivity index (χ1) is 11.2. The van der Waals surface area contributed by atoms with Gasteiger partial charge in [0.1, 0.15) is 0 Å². The molecule has 0 bridgehead atoms. The Morgan fingerprint density at radius 1 is 0.957 bits per heavy atom. The van der Waals surface area contributed by atoms with Gasteiger partial charge in [0, 0.05) is 6.42 Å². The van der Waals surface area contributed by atoms with Crippen molar-refractivity contribution in [2.24, 2.45) is 0 Å². The van der Waals surface area contributed by atoms with Crippen molar-refractivity contribution >= 4 is 5.97 Å². The lowest BCUT2D eigenvalue weighted by atomic mass is 10.2. The summed E-state index contributed by atoms with van der Waals surface area (Å²) < 4.78 is 0. The van der Waals surface area contributed by atoms with Crippen LogP contribution >= 0.6 is 0 Å². The van der Waals surface area contributed by atoms with Crippen molar-refractivity contribution in [3.63, 3.8) is 0 Å². The zero-order chi connectivity index (χ0) is 17.2. The van der Waals surface area contributed by atoms with E-state index in [9.17, 15) is 9.90 Å². The number of hydrogen-bond acceptors (Lipinski definition) is 2. The Hall–Kier alpha value is -1.87. The summed E-state index contributed by atoms with van der Waals surface area (Å²) in [5, 5.41) is 18.1. The predicted octanol–water partition coefficient (Wildman–Crippen LogP) is 4.96. The van der Waals surface area contributed by atoms with Crippen LogP contribution in [-0.4, -0.2) is 22.3 Å². The molecule has 1 unspecified atom stereocenters. The number of allylic oxidation sites excluding steroid dienone is 8. The lowest BCUT2D eigenvalue weighted by Gasteiger charge is -1.98. The third-order valence-electron chi connectivity index (χ3n) is 3.00. The van der Waals surface area contributed by atoms with E-state index in [1.165, 1.54) is 0 Å². The van der Waals surface area contributed by atoms with E-state index in [0.717, 1.165) is 25.7 Å². The lowest BCUT2D eigenvalue weighted by molar-refractivity contribution is -0.137. The van der Waals surface area contributed by atoms with Gasteiger partial charge in [-0.05, 0) is 38.5 Å². The molecule has 0 saturated heterocycles. The molecule has 0 saturated carbocycles. The van der Waals surface area contributed by atoms with Crippen LogP contribution < -0.4 is 0 Å². The Balaban J connectivity index is 3.63. The van der Waals surface area contributed by atoms with Crippen molar-refractivity contribution < 1.29 is 15.0 Å². The van der Waals surface area contributed by atoms with Crippen LogP contribution in [0.2, 0.25) is 0 Å². The van der Waals surface area contributed by atoms with Gasteiger partial charge in [-0.25, -0.2) is 0 Å². The fraction of sp³-hybridized carbons (Fsp3) is 0.450. The van der Waals surface area contributed by atoms with Gasteiger partial charge in [0.2, 0.25) is 0 Å². The number of carboxylic acid groups (broad SMARTS) is 1. The summed E-state index contributed by atoms with van der Waals surface area (Å²) in [6.45, 7) is 2.07. The summed E-state index contributed by atoms with van der Waals surface area (Å²) >= 11 is 0. The highest BCUT2D eigenvalue weighted by molar-refractivity contribution is 5.66. The molecule has 23 heavy (non-hydrogen) atoms. The van der Waals surface area contributed by atoms with Crippen LogP contribution in [0.4, 0.5) is 0 Å². The van der Waals surface area contributed by atoms with E-state index in [1.807, 2.05) is 30.4 Å². The van der Waals surface area contributed by atoms with Gasteiger partial charge in [0.05, 0.1) is 6.10 Å². The maximum Gasteiger partial charge on any atom is 0.303 e. The average molecular weight is 318 g/mol. The molecule has 0 aliphatic rings. The molecule has 3 nitrogen and oxygen atoms in total. The minimum absolute atomic E-state index is 0.238. The largest absolute Gasteiger partial charge is 0.481 e. The molecular weight excluding hydrogens is 288 g/mol. The molecule has 0 fully saturated rings. The number of carbonyl (C=O) groups is 1. The van der Waals surface area contributed by atoms with Gasteiger partial charge >= 0.3 is 5.97 Å². The van der Waals surface area contributed by atoms with Crippen molar-refractivity contribution in [3.8, 4) is 0 Å². The van der Waals surface area contributed by atoms with E-state index >= 15 is 0 Å². The lowest BCUT2D eigenvalue weighted by Crippen LogP contribution is -1.98. The Kier molecular flexibility index (Phi) is 15.2. The molecule has 0 aromatic rings. The van der Waals surface area contributed by atoms with Crippen LogP contribution in [0.1, 0.15) is 51.9 Å². The van der Waals surface area contributed by atoms with Crippen LogP contribution in [0.25, 0.3) is 0 Å². The highest BCUT2D eigenvalue weighted by atomic mass is 16.4. The molecule has 0 amide bonds. The van der Waals surface area contributed by atoms with Crippen molar-refractivity contribution in [1.82, 2.24) is 0 Å². The van der Waals surface area contributed by atoms with Crippen molar-refractivity contribution in [1.29, 1.82) is 0 Å². The zero-order valence-corrected chi connectivity index (χ0v) is 14.1. The molecule has 0 rings (SSSR count). The summed E-state index contributed by atoms with van der Waals surface area (Å²) in [6, 6.07) is 0. The van der Waals surface area contributed by atoms with Gasteiger partial charge in [-0.15, -0.1) is 0 Å². The second kappa shape index (κ2) is 16.5. The summed E-state index contributed by atoms with van der Waals surface area (Å²) in [5.41, 5.74) is 0. The molecule has 128 valence electrons. The molecule has 0 aromatic carbocycles. The quantitative estimate of drug-likeness (QED) is 0.286. The van der Waals surface area contributed by atoms with Crippen LogP contribution in [0, 0.1) is 0 Å². The predicted molar refractivity (Wildman–Crippen MR) is 97.3 cm³/mol.